The summed E-state index contributed by atoms with van der Waals surface area (Å²) >= 11 is 0. The molecule has 0 saturated carbocycles. The van der Waals surface area contributed by atoms with E-state index in [1.807, 2.05) is 0 Å². The molecule has 0 rings (SSSR count). The number of carbonyl (C=O) groups is 2. The zero-order valence-electron chi connectivity index (χ0n) is 20.2. The van der Waals surface area contributed by atoms with E-state index in [2.05, 4.69) is 33.8 Å². The van der Waals surface area contributed by atoms with Crippen LogP contribution < -0.4 is 10.6 Å². The van der Waals surface area contributed by atoms with Crippen molar-refractivity contribution in [1.82, 2.24) is 10.6 Å². The lowest BCUT2D eigenvalue weighted by Crippen LogP contribution is -2.41. The summed E-state index contributed by atoms with van der Waals surface area (Å²) in [6, 6.07) is -0.567. The average molecular weight is 479 g/mol. The summed E-state index contributed by atoms with van der Waals surface area (Å²) in [4.78, 5) is 32.6. The number of amides is 2. The third-order valence-corrected chi connectivity index (χ3v) is 4.36. The molecule has 0 aliphatic carbocycles. The molecule has 0 radical (unpaired) electrons. The molecule has 0 aromatic carbocycles. The number of nitrogens with zero attached hydrogens (tertiary/aromatic N) is 2. The molecule has 0 aliphatic rings. The number of aliphatic hydroxyl groups is 2. The first-order valence-corrected chi connectivity index (χ1v) is 10.2. The lowest BCUT2D eigenvalue weighted by atomic mass is 10.1. The lowest BCUT2D eigenvalue weighted by Gasteiger charge is -2.15. The summed E-state index contributed by atoms with van der Waals surface area (Å²) in [7, 11) is 0. The maximum Gasteiger partial charge on any atom is 0.274 e. The van der Waals surface area contributed by atoms with Crippen LogP contribution in [0.4, 0.5) is 8.78 Å². The zero-order chi connectivity index (χ0) is 26.6. The van der Waals surface area contributed by atoms with Crippen molar-refractivity contribution in [1.29, 1.82) is 0 Å². The van der Waals surface area contributed by atoms with E-state index in [9.17, 15) is 28.6 Å². The van der Waals surface area contributed by atoms with Gasteiger partial charge in [0.15, 0.2) is 5.71 Å². The maximum absolute atomic E-state index is 13.7. The fourth-order valence-corrected chi connectivity index (χ4v) is 2.27. The fraction of sp³-hybridized carbons (Fsp3) is 0.333. The maximum atomic E-state index is 13.7. The van der Waals surface area contributed by atoms with Crippen molar-refractivity contribution in [3.8, 4) is 0 Å². The van der Waals surface area contributed by atoms with Crippen LogP contribution in [0.1, 0.15) is 41.5 Å². The predicted octanol–water partition coefficient (Wildman–Crippen LogP) is 4.58. The van der Waals surface area contributed by atoms with Gasteiger partial charge in [-0.3, -0.25) is 14.6 Å². The Hall–Kier alpha value is -3.82. The van der Waals surface area contributed by atoms with E-state index in [1.54, 1.807) is 20.8 Å². The molecule has 0 fully saturated rings. The normalized spacial score (nSPS) is 15.8. The van der Waals surface area contributed by atoms with Gasteiger partial charge in [0, 0.05) is 36.3 Å². The minimum absolute atomic E-state index is 0.0711. The number of aliphatic imine (C=N–C) groups is 2. The molecule has 4 N–H and O–H groups in total. The van der Waals surface area contributed by atoms with Gasteiger partial charge in [-0.05, 0) is 52.8 Å². The zero-order valence-corrected chi connectivity index (χ0v) is 20.2. The van der Waals surface area contributed by atoms with Crippen LogP contribution >= 0.6 is 0 Å². The largest absolute Gasteiger partial charge is 0.507 e. The van der Waals surface area contributed by atoms with E-state index in [1.165, 1.54) is 26.1 Å². The summed E-state index contributed by atoms with van der Waals surface area (Å²) < 4.78 is 27.4. The SMILES string of the molecule is C=CN=C(C(=O)NC(C)C(C)=N/C=C(\C)C(=O)N/C(C)=C/C(=C(/O)C=C)C(C)(F)F)/C(O)=C\C. The van der Waals surface area contributed by atoms with Crippen LogP contribution in [-0.2, 0) is 9.59 Å². The number of allylic oxidation sites excluding steroid dienone is 5. The number of alkyl halides is 2. The van der Waals surface area contributed by atoms with Gasteiger partial charge in [0.25, 0.3) is 17.7 Å². The number of hydrogen-bond donors (Lipinski definition) is 4. The van der Waals surface area contributed by atoms with Gasteiger partial charge in [0.05, 0.1) is 11.6 Å². The molecule has 0 saturated heterocycles. The average Bonchev–Trinajstić information content (AvgIpc) is 2.76. The third-order valence-electron chi connectivity index (χ3n) is 4.36. The highest BCUT2D eigenvalue weighted by Gasteiger charge is 2.29. The van der Waals surface area contributed by atoms with Crippen molar-refractivity contribution >= 4 is 23.2 Å². The molecule has 1 atom stereocenters. The number of nitrogens with one attached hydrogen (secondary N) is 2. The smallest absolute Gasteiger partial charge is 0.274 e. The molecule has 0 aliphatic heterocycles. The second-order valence-corrected chi connectivity index (χ2v) is 7.28. The first kappa shape index (κ1) is 30.2. The molecule has 0 aromatic heterocycles. The van der Waals surface area contributed by atoms with Crippen molar-refractivity contribution in [3.05, 3.63) is 72.1 Å². The molecule has 0 spiro atoms. The Balaban J connectivity index is 5.48. The lowest BCUT2D eigenvalue weighted by molar-refractivity contribution is -0.117. The van der Waals surface area contributed by atoms with Crippen LogP contribution in [-0.4, -0.2) is 45.4 Å². The minimum Gasteiger partial charge on any atom is -0.507 e. The van der Waals surface area contributed by atoms with Crippen LogP contribution in [0.25, 0.3) is 0 Å². The Morgan fingerprint density at radius 2 is 1.68 bits per heavy atom. The van der Waals surface area contributed by atoms with Crippen LogP contribution in [0.5, 0.6) is 0 Å². The highest BCUT2D eigenvalue weighted by Crippen LogP contribution is 2.27. The Labute approximate surface area is 198 Å². The van der Waals surface area contributed by atoms with Crippen LogP contribution in [0, 0.1) is 0 Å². The molecule has 34 heavy (non-hydrogen) atoms. The molecule has 186 valence electrons. The highest BCUT2D eigenvalue weighted by atomic mass is 19.3. The van der Waals surface area contributed by atoms with Gasteiger partial charge < -0.3 is 20.8 Å². The molecule has 0 heterocycles. The summed E-state index contributed by atoms with van der Waals surface area (Å²) in [5.41, 5.74) is -0.227. The van der Waals surface area contributed by atoms with Crippen molar-refractivity contribution in [2.24, 2.45) is 9.98 Å². The first-order chi connectivity index (χ1) is 15.7. The third kappa shape index (κ3) is 9.76. The van der Waals surface area contributed by atoms with Gasteiger partial charge in [-0.15, -0.1) is 0 Å². The van der Waals surface area contributed by atoms with Crippen molar-refractivity contribution in [2.45, 2.75) is 53.5 Å². The summed E-state index contributed by atoms with van der Waals surface area (Å²) in [5.74, 6) is -5.60. The summed E-state index contributed by atoms with van der Waals surface area (Å²) in [6.45, 7) is 14.9. The minimum atomic E-state index is -3.35. The Morgan fingerprint density at radius 3 is 2.15 bits per heavy atom. The van der Waals surface area contributed by atoms with Gasteiger partial charge in [0.2, 0.25) is 0 Å². The van der Waals surface area contributed by atoms with Crippen molar-refractivity contribution in [3.63, 3.8) is 0 Å². The van der Waals surface area contributed by atoms with E-state index in [-0.39, 0.29) is 22.7 Å². The van der Waals surface area contributed by atoms with E-state index in [0.29, 0.717) is 12.6 Å². The van der Waals surface area contributed by atoms with Crippen molar-refractivity contribution in [2.75, 3.05) is 0 Å². The Kier molecular flexibility index (Phi) is 12.1. The molecule has 10 heteroatoms. The quantitative estimate of drug-likeness (QED) is 0.150. The number of aliphatic hydroxyl groups excluding tert-OH is 2. The molecule has 2 amide bonds. The molecule has 1 unspecified atom stereocenters. The summed E-state index contributed by atoms with van der Waals surface area (Å²) in [5, 5.41) is 24.5. The molecular weight excluding hydrogens is 446 g/mol. The number of rotatable bonds is 11. The second kappa shape index (κ2) is 13.7. The topological polar surface area (TPSA) is 123 Å². The van der Waals surface area contributed by atoms with E-state index < -0.39 is 35.1 Å². The standard InChI is InChI=1S/C24H32F2N4O4/c1-9-19(31)18(24(8,25)26)12-15(5)29-22(33)14(4)13-28-16(6)17(7)30-23(34)21(27-11-3)20(32)10-2/h9-13,17,31-32H,1,3H2,2,4-8H3,(H,29,33)(H,30,34)/b14-13+,15-12+,19-18-,20-10+,27-21?,28-16?. The van der Waals surface area contributed by atoms with E-state index >= 15 is 0 Å². The second-order valence-electron chi connectivity index (χ2n) is 7.28. The highest BCUT2D eigenvalue weighted by molar-refractivity contribution is 6.45. The fourth-order valence-electron chi connectivity index (χ4n) is 2.27. The number of hydrogen-bond acceptors (Lipinski definition) is 6. The van der Waals surface area contributed by atoms with Gasteiger partial charge in [-0.1, -0.05) is 13.2 Å². The molecule has 0 bridgehead atoms. The first-order valence-electron chi connectivity index (χ1n) is 10.2. The van der Waals surface area contributed by atoms with Gasteiger partial charge in [0.1, 0.15) is 11.5 Å². The van der Waals surface area contributed by atoms with Gasteiger partial charge in [-0.2, -0.15) is 0 Å². The van der Waals surface area contributed by atoms with Gasteiger partial charge in [-0.25, -0.2) is 13.8 Å². The summed E-state index contributed by atoms with van der Waals surface area (Å²) in [6.07, 6.45) is 5.54. The van der Waals surface area contributed by atoms with Crippen molar-refractivity contribution < 1.29 is 28.6 Å². The molecular formula is C24H32F2N4O4. The number of carbonyl (C=O) groups excluding carboxylic acids is 2. The molecule has 8 nitrogen and oxygen atoms in total. The van der Waals surface area contributed by atoms with Crippen LogP contribution in [0.3, 0.4) is 0 Å². The van der Waals surface area contributed by atoms with Crippen LogP contribution in [0.15, 0.2) is 82.1 Å². The monoisotopic (exact) mass is 478 g/mol. The van der Waals surface area contributed by atoms with Gasteiger partial charge >= 0.3 is 0 Å². The van der Waals surface area contributed by atoms with E-state index in [4.69, 9.17) is 0 Å². The number of halogens is 2. The van der Waals surface area contributed by atoms with E-state index in [0.717, 1.165) is 18.4 Å². The Morgan fingerprint density at radius 1 is 1.09 bits per heavy atom. The predicted molar refractivity (Wildman–Crippen MR) is 131 cm³/mol. The Bertz CT molecular complexity index is 997. The van der Waals surface area contributed by atoms with Crippen LogP contribution in [0.2, 0.25) is 0 Å². The molecule has 0 aromatic rings.